The molecule has 0 radical (unpaired) electrons. The molecule has 0 aliphatic carbocycles. The smallest absolute Gasteiger partial charge is 0.345 e. The van der Waals surface area contributed by atoms with Crippen LogP contribution in [0.5, 0.6) is 0 Å². The van der Waals surface area contributed by atoms with Gasteiger partial charge in [0.2, 0.25) is 5.12 Å². The first-order valence-electron chi connectivity index (χ1n) is 3.91. The maximum absolute atomic E-state index is 11.2. The molecule has 6 nitrogen and oxygen atoms in total. The molecule has 1 rings (SSSR count). The summed E-state index contributed by atoms with van der Waals surface area (Å²) < 4.78 is 4.29. The van der Waals surface area contributed by atoms with Crippen LogP contribution in [0.25, 0.3) is 0 Å². The summed E-state index contributed by atoms with van der Waals surface area (Å²) in [5.74, 6) is -2.62. The maximum atomic E-state index is 11.2. The van der Waals surface area contributed by atoms with Crippen molar-refractivity contribution in [2.75, 3.05) is 7.11 Å². The van der Waals surface area contributed by atoms with E-state index < -0.39 is 40.1 Å². The SMILES string of the molecule is COC(=O)C1=C(O)C(CC(=O)O)SC1=O. The predicted molar refractivity (Wildman–Crippen MR) is 50.3 cm³/mol. The number of aliphatic hydroxyl groups excluding tert-OH is 1. The molecule has 0 saturated heterocycles. The predicted octanol–water partition coefficient (Wildman–Crippen LogP) is 0.0882. The fourth-order valence-electron chi connectivity index (χ4n) is 1.10. The molecule has 1 atom stereocenters. The molecule has 0 aromatic rings. The number of methoxy groups -OCH3 is 1. The maximum Gasteiger partial charge on any atom is 0.345 e. The minimum atomic E-state index is -1.15. The third-order valence-electron chi connectivity index (χ3n) is 1.76. The van der Waals surface area contributed by atoms with Crippen molar-refractivity contribution in [1.29, 1.82) is 0 Å². The Morgan fingerprint density at radius 3 is 2.60 bits per heavy atom. The van der Waals surface area contributed by atoms with Crippen LogP contribution in [-0.2, 0) is 19.1 Å². The van der Waals surface area contributed by atoms with E-state index in [1.54, 1.807) is 0 Å². The number of carbonyl (C=O) groups is 3. The Balaban J connectivity index is 2.93. The number of ether oxygens (including phenoxy) is 1. The van der Waals surface area contributed by atoms with Crippen molar-refractivity contribution >= 4 is 28.8 Å². The van der Waals surface area contributed by atoms with E-state index in [1.807, 2.05) is 0 Å². The second kappa shape index (κ2) is 4.35. The molecule has 0 amide bonds. The van der Waals surface area contributed by atoms with Crippen LogP contribution < -0.4 is 0 Å². The molecule has 0 fully saturated rings. The van der Waals surface area contributed by atoms with Crippen LogP contribution >= 0.6 is 11.8 Å². The number of esters is 1. The van der Waals surface area contributed by atoms with Crippen LogP contribution in [0.2, 0.25) is 0 Å². The third kappa shape index (κ3) is 2.30. The normalized spacial score (nSPS) is 20.6. The van der Waals surface area contributed by atoms with E-state index in [4.69, 9.17) is 5.11 Å². The zero-order valence-electron chi connectivity index (χ0n) is 7.72. The van der Waals surface area contributed by atoms with Crippen molar-refractivity contribution in [3.8, 4) is 0 Å². The van der Waals surface area contributed by atoms with Gasteiger partial charge in [-0.1, -0.05) is 11.8 Å². The Bertz CT molecular complexity index is 358. The summed E-state index contributed by atoms with van der Waals surface area (Å²) in [5.41, 5.74) is -0.464. The molecule has 0 aromatic heterocycles. The summed E-state index contributed by atoms with van der Waals surface area (Å²) in [6.45, 7) is 0. The van der Waals surface area contributed by atoms with E-state index in [-0.39, 0.29) is 0 Å². The first-order valence-corrected chi connectivity index (χ1v) is 4.79. The first-order chi connectivity index (χ1) is 6.97. The standard InChI is InChI=1S/C8H8O6S/c1-14-7(12)5-6(11)3(2-4(9)10)15-8(5)13/h3,11H,2H2,1H3,(H,9,10). The highest BCUT2D eigenvalue weighted by Gasteiger charge is 2.38. The number of hydrogen-bond acceptors (Lipinski definition) is 6. The van der Waals surface area contributed by atoms with Crippen LogP contribution in [0.15, 0.2) is 11.3 Å². The number of carboxylic acids is 1. The number of thioether (sulfide) groups is 1. The van der Waals surface area contributed by atoms with Gasteiger partial charge in [0.1, 0.15) is 5.76 Å². The molecule has 15 heavy (non-hydrogen) atoms. The lowest BCUT2D eigenvalue weighted by Gasteiger charge is -2.03. The van der Waals surface area contributed by atoms with Gasteiger partial charge in [-0.15, -0.1) is 0 Å². The highest BCUT2D eigenvalue weighted by Crippen LogP contribution is 2.34. The van der Waals surface area contributed by atoms with Gasteiger partial charge in [-0.25, -0.2) is 4.79 Å². The lowest BCUT2D eigenvalue weighted by atomic mass is 10.1. The minimum absolute atomic E-state index is 0.414. The molecule has 82 valence electrons. The van der Waals surface area contributed by atoms with Crippen molar-refractivity contribution in [3.63, 3.8) is 0 Å². The van der Waals surface area contributed by atoms with Crippen LogP contribution in [0, 0.1) is 0 Å². The molecule has 0 spiro atoms. The largest absolute Gasteiger partial charge is 0.510 e. The zero-order valence-corrected chi connectivity index (χ0v) is 8.54. The van der Waals surface area contributed by atoms with Crippen LogP contribution in [-0.4, -0.2) is 39.6 Å². The van der Waals surface area contributed by atoms with Gasteiger partial charge in [0.05, 0.1) is 18.8 Å². The monoisotopic (exact) mass is 232 g/mol. The van der Waals surface area contributed by atoms with Gasteiger partial charge in [-0.3, -0.25) is 9.59 Å². The number of carboxylic acid groups (broad SMARTS) is 1. The number of hydrogen-bond donors (Lipinski definition) is 2. The summed E-state index contributed by atoms with van der Waals surface area (Å²) in [4.78, 5) is 32.7. The van der Waals surface area contributed by atoms with Gasteiger partial charge in [0, 0.05) is 0 Å². The van der Waals surface area contributed by atoms with Crippen LogP contribution in [0.3, 0.4) is 0 Å². The molecule has 0 bridgehead atoms. The second-order valence-corrected chi connectivity index (χ2v) is 3.92. The Labute approximate surface area is 88.9 Å². The molecule has 1 aliphatic rings. The molecular formula is C8H8O6S. The zero-order chi connectivity index (χ0) is 11.6. The van der Waals surface area contributed by atoms with Crippen LogP contribution in [0.4, 0.5) is 0 Å². The second-order valence-electron chi connectivity index (χ2n) is 2.74. The van der Waals surface area contributed by atoms with E-state index in [0.29, 0.717) is 11.8 Å². The lowest BCUT2D eigenvalue weighted by molar-refractivity contribution is -0.138. The quantitative estimate of drug-likeness (QED) is 0.525. The average molecular weight is 232 g/mol. The summed E-state index contributed by atoms with van der Waals surface area (Å²) in [6, 6.07) is 0. The van der Waals surface area contributed by atoms with Gasteiger partial charge >= 0.3 is 11.9 Å². The molecule has 2 N–H and O–H groups in total. The van der Waals surface area contributed by atoms with Crippen molar-refractivity contribution < 1.29 is 29.3 Å². The van der Waals surface area contributed by atoms with Gasteiger partial charge in [0.15, 0.2) is 5.57 Å². The van der Waals surface area contributed by atoms with Gasteiger partial charge in [-0.2, -0.15) is 0 Å². The van der Waals surface area contributed by atoms with E-state index in [9.17, 15) is 19.5 Å². The van der Waals surface area contributed by atoms with Gasteiger partial charge < -0.3 is 14.9 Å². The van der Waals surface area contributed by atoms with Crippen molar-refractivity contribution in [3.05, 3.63) is 11.3 Å². The minimum Gasteiger partial charge on any atom is -0.510 e. The van der Waals surface area contributed by atoms with Gasteiger partial charge in [-0.05, 0) is 0 Å². The number of carbonyl (C=O) groups excluding carboxylic acids is 2. The summed E-state index contributed by atoms with van der Waals surface area (Å²) >= 11 is 0.609. The molecule has 1 unspecified atom stereocenters. The van der Waals surface area contributed by atoms with E-state index >= 15 is 0 Å². The molecule has 0 aromatic carbocycles. The molecular weight excluding hydrogens is 224 g/mol. The van der Waals surface area contributed by atoms with Crippen molar-refractivity contribution in [1.82, 2.24) is 0 Å². The Morgan fingerprint density at radius 1 is 1.53 bits per heavy atom. The Kier molecular flexibility index (Phi) is 3.35. The molecule has 7 heteroatoms. The van der Waals surface area contributed by atoms with Gasteiger partial charge in [0.25, 0.3) is 0 Å². The first kappa shape index (κ1) is 11.6. The lowest BCUT2D eigenvalue weighted by Crippen LogP contribution is -2.12. The topological polar surface area (TPSA) is 101 Å². The fourth-order valence-corrected chi connectivity index (χ4v) is 2.12. The van der Waals surface area contributed by atoms with Crippen molar-refractivity contribution in [2.24, 2.45) is 0 Å². The average Bonchev–Trinajstić information content (AvgIpc) is 2.40. The van der Waals surface area contributed by atoms with Crippen LogP contribution in [0.1, 0.15) is 6.42 Å². The van der Waals surface area contributed by atoms with Crippen molar-refractivity contribution in [2.45, 2.75) is 11.7 Å². The van der Waals surface area contributed by atoms with E-state index in [0.717, 1.165) is 7.11 Å². The molecule has 0 saturated carbocycles. The molecule has 1 heterocycles. The highest BCUT2D eigenvalue weighted by atomic mass is 32.2. The Morgan fingerprint density at radius 2 is 2.13 bits per heavy atom. The highest BCUT2D eigenvalue weighted by molar-refractivity contribution is 8.15. The number of aliphatic carboxylic acids is 1. The van der Waals surface area contributed by atoms with E-state index in [2.05, 4.69) is 4.74 Å². The summed E-state index contributed by atoms with van der Waals surface area (Å²) in [7, 11) is 1.07. The van der Waals surface area contributed by atoms with E-state index in [1.165, 1.54) is 0 Å². The summed E-state index contributed by atoms with van der Waals surface area (Å²) in [6.07, 6.45) is -0.414. The summed E-state index contributed by atoms with van der Waals surface area (Å²) in [5, 5.41) is 16.4. The third-order valence-corrected chi connectivity index (χ3v) is 2.86. The fraction of sp³-hybridized carbons (Fsp3) is 0.375. The number of rotatable bonds is 3. The Hall–Kier alpha value is -1.50. The number of aliphatic hydroxyl groups is 1. The molecule has 1 aliphatic heterocycles.